The summed E-state index contributed by atoms with van der Waals surface area (Å²) in [6.45, 7) is 8.14. The Bertz CT molecular complexity index is 2310. The van der Waals surface area contributed by atoms with Crippen molar-refractivity contribution in [3.8, 4) is 34.5 Å². The summed E-state index contributed by atoms with van der Waals surface area (Å²) in [4.78, 5) is 35.1. The van der Waals surface area contributed by atoms with Crippen molar-refractivity contribution < 1.29 is 58.1 Å². The van der Waals surface area contributed by atoms with Crippen molar-refractivity contribution in [2.45, 2.75) is 69.3 Å². The Balaban J connectivity index is 0.000000180. The van der Waals surface area contributed by atoms with Crippen molar-refractivity contribution in [1.82, 2.24) is 4.90 Å². The fourth-order valence-electron chi connectivity index (χ4n) is 8.02. The molecule has 13 nitrogen and oxygen atoms in total. The number of hydrogen-bond donors (Lipinski definition) is 3. The van der Waals surface area contributed by atoms with Crippen LogP contribution in [0.2, 0.25) is 5.02 Å². The van der Waals surface area contributed by atoms with Crippen molar-refractivity contribution in [3.05, 3.63) is 124 Å². The Morgan fingerprint density at radius 1 is 0.952 bits per heavy atom. The van der Waals surface area contributed by atoms with Crippen molar-refractivity contribution in [2.75, 3.05) is 41.0 Å². The lowest BCUT2D eigenvalue weighted by Crippen LogP contribution is -2.43. The van der Waals surface area contributed by atoms with Crippen LogP contribution in [0.3, 0.4) is 0 Å². The SMILES string of the molecule is CN1CCCC1CCOC(C)(c1ccccc1)c1ccc(Cl)cc1.COc1cc2c(cc1OC)C1C(=O)c3c(O)cc4c(c3OC1CO2)C=CC(C)(C)O4.O=C(O)C=CC(=O)O. The van der Waals surface area contributed by atoms with Gasteiger partial charge in [-0.2, -0.15) is 0 Å². The highest BCUT2D eigenvalue weighted by molar-refractivity contribution is 6.30. The first-order valence-corrected chi connectivity index (χ1v) is 20.6. The van der Waals surface area contributed by atoms with Crippen LogP contribution < -0.4 is 23.7 Å². The van der Waals surface area contributed by atoms with Gasteiger partial charge in [0, 0.05) is 47.5 Å². The number of fused-ring (bicyclic) bond motifs is 6. The predicted octanol–water partition coefficient (Wildman–Crippen LogP) is 8.53. The zero-order valence-electron chi connectivity index (χ0n) is 35.6. The average Bonchev–Trinajstić information content (AvgIpc) is 3.66. The lowest BCUT2D eigenvalue weighted by atomic mass is 9.80. The number of benzene rings is 4. The van der Waals surface area contributed by atoms with E-state index in [0.29, 0.717) is 58.1 Å². The van der Waals surface area contributed by atoms with E-state index in [1.807, 2.05) is 44.2 Å². The molecule has 4 aromatic rings. The van der Waals surface area contributed by atoms with Crippen LogP contribution in [-0.2, 0) is 19.9 Å². The maximum absolute atomic E-state index is 13.6. The van der Waals surface area contributed by atoms with Gasteiger partial charge in [-0.15, -0.1) is 0 Å². The van der Waals surface area contributed by atoms with Crippen LogP contribution in [0.5, 0.6) is 34.5 Å². The lowest BCUT2D eigenvalue weighted by molar-refractivity contribution is -0.134. The number of rotatable bonds is 10. The molecule has 0 radical (unpaired) electrons. The third-order valence-electron chi connectivity index (χ3n) is 11.3. The number of nitrogens with zero attached hydrogens (tertiary/aromatic N) is 1. The number of methoxy groups -OCH3 is 2. The van der Waals surface area contributed by atoms with Crippen LogP contribution in [0.4, 0.5) is 0 Å². The zero-order valence-corrected chi connectivity index (χ0v) is 36.3. The fraction of sp³-hybridized carbons (Fsp3) is 0.354. The van der Waals surface area contributed by atoms with Crippen LogP contribution in [0.25, 0.3) is 6.08 Å². The van der Waals surface area contributed by atoms with Gasteiger partial charge >= 0.3 is 11.9 Å². The normalized spacial score (nSPS) is 20.1. The summed E-state index contributed by atoms with van der Waals surface area (Å²) in [5, 5.41) is 27.1. The van der Waals surface area contributed by atoms with Crippen LogP contribution in [0, 0.1) is 0 Å². The molecule has 4 aliphatic rings. The monoisotopic (exact) mass is 869 g/mol. The van der Waals surface area contributed by atoms with Crippen LogP contribution in [0.15, 0.2) is 91.0 Å². The number of carboxylic acid groups (broad SMARTS) is 2. The predicted molar refractivity (Wildman–Crippen MR) is 233 cm³/mol. The highest BCUT2D eigenvalue weighted by atomic mass is 35.5. The molecule has 62 heavy (non-hydrogen) atoms. The number of aromatic hydroxyl groups is 1. The van der Waals surface area contributed by atoms with Gasteiger partial charge in [-0.05, 0) is 95.1 Å². The number of likely N-dealkylation sites (tertiary alicyclic amines) is 1. The molecule has 0 aromatic heterocycles. The number of carboxylic acids is 2. The van der Waals surface area contributed by atoms with Gasteiger partial charge < -0.3 is 48.6 Å². The standard InChI is InChI=1S/C23H22O7.C21H26ClNO.C4H4O4/c1-23(2)6-5-11-15(30-23)8-13(24)20-21(25)19-12-7-16(26-3)17(27-4)9-14(12)28-10-18(19)29-22(11)20;1-21(17-7-4-3-5-8-17,18-10-12-19(22)13-11-18)24-16-14-20-9-6-15-23(20)2;5-3(6)1-2-4(7)8/h5-9,18-19,24H,10H2,1-4H3;3-5,7-8,10-13,20H,6,9,14-16H2,1-2H3;1-2H,(H,5,6)(H,7,8). The van der Waals surface area contributed by atoms with E-state index in [4.69, 9.17) is 50.2 Å². The molecule has 1 saturated heterocycles. The first-order valence-electron chi connectivity index (χ1n) is 20.2. The van der Waals surface area contributed by atoms with Gasteiger partial charge in [0.15, 0.2) is 17.3 Å². The van der Waals surface area contributed by atoms with E-state index in [1.54, 1.807) is 19.2 Å². The first-order chi connectivity index (χ1) is 29.5. The Hall–Kier alpha value is -6.02. The maximum atomic E-state index is 13.6. The molecule has 0 saturated carbocycles. The fourth-order valence-corrected chi connectivity index (χ4v) is 8.14. The number of ketones is 1. The van der Waals surface area contributed by atoms with Crippen LogP contribution in [0.1, 0.15) is 78.6 Å². The Morgan fingerprint density at radius 3 is 2.21 bits per heavy atom. The van der Waals surface area contributed by atoms with Gasteiger partial charge in [-0.25, -0.2) is 9.59 Å². The quantitative estimate of drug-likeness (QED) is 0.130. The molecule has 4 heterocycles. The van der Waals surface area contributed by atoms with E-state index < -0.39 is 35.2 Å². The smallest absolute Gasteiger partial charge is 0.328 e. The number of ether oxygens (including phenoxy) is 6. The van der Waals surface area contributed by atoms with E-state index in [9.17, 15) is 19.5 Å². The van der Waals surface area contributed by atoms with E-state index in [1.165, 1.54) is 38.1 Å². The second kappa shape index (κ2) is 19.4. The summed E-state index contributed by atoms with van der Waals surface area (Å²) in [5.41, 5.74) is 2.78. The Kier molecular flexibility index (Phi) is 14.2. The molecule has 14 heteroatoms. The number of phenolic OH excluding ortho intramolecular Hbond substituents is 1. The van der Waals surface area contributed by atoms with Gasteiger partial charge in [-0.1, -0.05) is 54.1 Å². The molecule has 0 spiro atoms. The largest absolute Gasteiger partial charge is 0.507 e. The molecule has 0 amide bonds. The molecule has 1 fully saturated rings. The van der Waals surface area contributed by atoms with E-state index in [-0.39, 0.29) is 23.7 Å². The molecule has 8 rings (SSSR count). The summed E-state index contributed by atoms with van der Waals surface area (Å²) >= 11 is 6.07. The van der Waals surface area contributed by atoms with E-state index in [0.717, 1.165) is 23.6 Å². The molecule has 4 unspecified atom stereocenters. The molecule has 4 aromatic carbocycles. The molecule has 0 aliphatic carbocycles. The van der Waals surface area contributed by atoms with E-state index >= 15 is 0 Å². The Morgan fingerprint density at radius 2 is 1.60 bits per heavy atom. The second-order valence-corrected chi connectivity index (χ2v) is 16.4. The molecule has 328 valence electrons. The molecular weight excluding hydrogens is 818 g/mol. The number of hydrogen-bond acceptors (Lipinski definition) is 11. The van der Waals surface area contributed by atoms with Gasteiger partial charge in [0.25, 0.3) is 0 Å². The summed E-state index contributed by atoms with van der Waals surface area (Å²) in [6, 6.07) is 24.0. The zero-order chi connectivity index (χ0) is 44.8. The number of phenols is 1. The van der Waals surface area contributed by atoms with Gasteiger partial charge in [0.1, 0.15) is 52.5 Å². The van der Waals surface area contributed by atoms with Crippen LogP contribution in [-0.4, -0.2) is 96.7 Å². The highest BCUT2D eigenvalue weighted by Gasteiger charge is 2.46. The molecule has 4 aliphatic heterocycles. The lowest BCUT2D eigenvalue weighted by Gasteiger charge is -2.39. The van der Waals surface area contributed by atoms with Crippen molar-refractivity contribution in [2.24, 2.45) is 0 Å². The number of carbonyl (C=O) groups excluding carboxylic acids is 1. The molecule has 4 atom stereocenters. The topological polar surface area (TPSA) is 171 Å². The number of halogens is 1. The molecular formula is C48H52ClNO12. The summed E-state index contributed by atoms with van der Waals surface area (Å²) in [5.74, 6) is -1.17. The third-order valence-corrected chi connectivity index (χ3v) is 11.6. The number of Topliss-reactive ketones (excluding diaryl/α,β-unsaturated/α-hetero) is 1. The summed E-state index contributed by atoms with van der Waals surface area (Å²) in [7, 11) is 5.29. The minimum atomic E-state index is -1.26. The maximum Gasteiger partial charge on any atom is 0.328 e. The van der Waals surface area contributed by atoms with Gasteiger partial charge in [0.2, 0.25) is 0 Å². The minimum absolute atomic E-state index is 0.158. The highest BCUT2D eigenvalue weighted by Crippen LogP contribution is 2.52. The van der Waals surface area contributed by atoms with Gasteiger partial charge in [0.05, 0.1) is 25.7 Å². The molecule has 3 N–H and O–H groups in total. The number of carbonyl (C=O) groups is 3. The summed E-state index contributed by atoms with van der Waals surface area (Å²) in [6.07, 6.45) is 8.01. The van der Waals surface area contributed by atoms with E-state index in [2.05, 4.69) is 55.3 Å². The average molecular weight is 870 g/mol. The summed E-state index contributed by atoms with van der Waals surface area (Å²) < 4.78 is 35.3. The Labute approximate surface area is 366 Å². The number of aliphatic carboxylic acids is 2. The second-order valence-electron chi connectivity index (χ2n) is 15.9. The van der Waals surface area contributed by atoms with Gasteiger partial charge in [-0.3, -0.25) is 4.79 Å². The van der Waals surface area contributed by atoms with Crippen molar-refractivity contribution >= 4 is 35.4 Å². The minimum Gasteiger partial charge on any atom is -0.507 e. The van der Waals surface area contributed by atoms with Crippen LogP contribution >= 0.6 is 11.6 Å². The molecule has 0 bridgehead atoms. The van der Waals surface area contributed by atoms with Crippen molar-refractivity contribution in [1.29, 1.82) is 0 Å². The first kappa shape index (κ1) is 45.5. The third kappa shape index (κ3) is 10.2. The van der Waals surface area contributed by atoms with Crippen molar-refractivity contribution in [3.63, 3.8) is 0 Å².